The Bertz CT molecular complexity index is 133. The lowest BCUT2D eigenvalue weighted by atomic mass is 9.87. The van der Waals surface area contributed by atoms with Gasteiger partial charge in [-0.15, -0.1) is 0 Å². The molecule has 0 aromatic rings. The van der Waals surface area contributed by atoms with Gasteiger partial charge < -0.3 is 4.90 Å². The monoisotopic (exact) mass is 139 g/mol. The van der Waals surface area contributed by atoms with Gasteiger partial charge in [0.1, 0.15) is 0 Å². The van der Waals surface area contributed by atoms with Crippen LogP contribution in [0.15, 0.2) is 0 Å². The maximum atomic E-state index is 2.61. The Labute approximate surface area is 63.4 Å². The topological polar surface area (TPSA) is 3.24 Å². The van der Waals surface area contributed by atoms with Crippen molar-refractivity contribution < 1.29 is 0 Å². The van der Waals surface area contributed by atoms with Gasteiger partial charge in [0.15, 0.2) is 0 Å². The lowest BCUT2D eigenvalue weighted by Gasteiger charge is -2.19. The summed E-state index contributed by atoms with van der Waals surface area (Å²) in [6, 6.07) is 1.91. The van der Waals surface area contributed by atoms with Crippen LogP contribution in [-0.4, -0.2) is 24.0 Å². The van der Waals surface area contributed by atoms with Crippen LogP contribution in [0.25, 0.3) is 0 Å². The Balaban J connectivity index is 2.08. The van der Waals surface area contributed by atoms with Gasteiger partial charge in [0, 0.05) is 12.1 Å². The second-order valence-corrected chi connectivity index (χ2v) is 3.87. The van der Waals surface area contributed by atoms with E-state index in [2.05, 4.69) is 18.9 Å². The molecule has 0 spiro atoms. The van der Waals surface area contributed by atoms with Crippen LogP contribution in [-0.2, 0) is 0 Å². The average Bonchev–Trinajstić information content (AvgIpc) is 2.46. The molecule has 10 heavy (non-hydrogen) atoms. The first-order valence-electron chi connectivity index (χ1n) is 4.55. The van der Waals surface area contributed by atoms with Gasteiger partial charge in [-0.25, -0.2) is 0 Å². The van der Waals surface area contributed by atoms with E-state index in [-0.39, 0.29) is 0 Å². The highest BCUT2D eigenvalue weighted by atomic mass is 15.2. The molecule has 0 aliphatic carbocycles. The zero-order chi connectivity index (χ0) is 7.14. The molecule has 2 aliphatic heterocycles. The molecule has 0 aromatic heterocycles. The smallest absolute Gasteiger partial charge is 0.0124 e. The van der Waals surface area contributed by atoms with Gasteiger partial charge in [-0.05, 0) is 32.2 Å². The van der Waals surface area contributed by atoms with Crippen LogP contribution < -0.4 is 0 Å². The highest BCUT2D eigenvalue weighted by Crippen LogP contribution is 2.41. The van der Waals surface area contributed by atoms with Gasteiger partial charge in [0.05, 0.1) is 0 Å². The molecule has 1 nitrogen and oxygen atoms in total. The van der Waals surface area contributed by atoms with E-state index in [4.69, 9.17) is 0 Å². The molecule has 2 bridgehead atoms. The first-order chi connectivity index (χ1) is 4.83. The van der Waals surface area contributed by atoms with Crippen molar-refractivity contribution in [1.29, 1.82) is 0 Å². The highest BCUT2D eigenvalue weighted by Gasteiger charge is 2.42. The molecule has 0 N–H and O–H groups in total. The molecule has 0 amide bonds. The molecule has 2 fully saturated rings. The summed E-state index contributed by atoms with van der Waals surface area (Å²) in [5, 5.41) is 0. The summed E-state index contributed by atoms with van der Waals surface area (Å²) in [5.41, 5.74) is 0. The number of nitrogens with zero attached hydrogens (tertiary/aromatic N) is 1. The highest BCUT2D eigenvalue weighted by molar-refractivity contribution is 4.97. The van der Waals surface area contributed by atoms with Crippen LogP contribution in [0.1, 0.15) is 32.6 Å². The van der Waals surface area contributed by atoms with E-state index in [9.17, 15) is 0 Å². The van der Waals surface area contributed by atoms with Crippen molar-refractivity contribution in [2.24, 2.45) is 5.92 Å². The van der Waals surface area contributed by atoms with Crippen molar-refractivity contribution in [1.82, 2.24) is 4.90 Å². The standard InChI is InChI=1S/C9H17N/c1-3-7-6-8-4-5-9(7)10(8)2/h7-9H,3-6H2,1-2H3. The molecule has 2 rings (SSSR count). The normalized spacial score (nSPS) is 46.8. The van der Waals surface area contributed by atoms with E-state index in [0.717, 1.165) is 18.0 Å². The molecule has 0 radical (unpaired) electrons. The molecule has 2 aliphatic rings. The predicted octanol–water partition coefficient (Wildman–Crippen LogP) is 1.88. The van der Waals surface area contributed by atoms with Gasteiger partial charge in [0.25, 0.3) is 0 Å². The van der Waals surface area contributed by atoms with Gasteiger partial charge in [-0.2, -0.15) is 0 Å². The first kappa shape index (κ1) is 6.66. The second-order valence-electron chi connectivity index (χ2n) is 3.87. The minimum absolute atomic E-state index is 0.954. The fourth-order valence-electron chi connectivity index (χ4n) is 2.84. The van der Waals surface area contributed by atoms with Crippen molar-refractivity contribution in [3.8, 4) is 0 Å². The largest absolute Gasteiger partial charge is 0.300 e. The Hall–Kier alpha value is -0.0400. The number of rotatable bonds is 1. The number of hydrogen-bond donors (Lipinski definition) is 0. The van der Waals surface area contributed by atoms with Gasteiger partial charge in [-0.3, -0.25) is 0 Å². The molecule has 0 saturated carbocycles. The molecule has 3 unspecified atom stereocenters. The Morgan fingerprint density at radius 2 is 2.20 bits per heavy atom. The molecule has 2 heterocycles. The summed E-state index contributed by atoms with van der Waals surface area (Å²) in [7, 11) is 2.30. The molecule has 2 saturated heterocycles. The lowest BCUT2D eigenvalue weighted by Crippen LogP contribution is -2.25. The van der Waals surface area contributed by atoms with Gasteiger partial charge in [-0.1, -0.05) is 13.3 Å². The van der Waals surface area contributed by atoms with Crippen molar-refractivity contribution in [2.75, 3.05) is 7.05 Å². The van der Waals surface area contributed by atoms with Crippen LogP contribution in [0.3, 0.4) is 0 Å². The van der Waals surface area contributed by atoms with Crippen LogP contribution in [0.4, 0.5) is 0 Å². The second kappa shape index (κ2) is 2.23. The van der Waals surface area contributed by atoms with Crippen LogP contribution in [0.2, 0.25) is 0 Å². The maximum absolute atomic E-state index is 2.61. The third-order valence-corrected chi connectivity index (χ3v) is 3.54. The molecular formula is C9H17N. The minimum Gasteiger partial charge on any atom is -0.300 e. The van der Waals surface area contributed by atoms with E-state index < -0.39 is 0 Å². The van der Waals surface area contributed by atoms with Crippen molar-refractivity contribution in [3.63, 3.8) is 0 Å². The third-order valence-electron chi connectivity index (χ3n) is 3.54. The van der Waals surface area contributed by atoms with Crippen molar-refractivity contribution >= 4 is 0 Å². The summed E-state index contributed by atoms with van der Waals surface area (Å²) in [6.07, 6.45) is 5.82. The van der Waals surface area contributed by atoms with Crippen LogP contribution in [0, 0.1) is 5.92 Å². The summed E-state index contributed by atoms with van der Waals surface area (Å²) in [5.74, 6) is 1.03. The fraction of sp³-hybridized carbons (Fsp3) is 1.00. The molecular weight excluding hydrogens is 122 g/mol. The van der Waals surface area contributed by atoms with E-state index in [1.54, 1.807) is 0 Å². The minimum atomic E-state index is 0.954. The maximum Gasteiger partial charge on any atom is 0.0124 e. The summed E-state index contributed by atoms with van der Waals surface area (Å²) >= 11 is 0. The van der Waals surface area contributed by atoms with E-state index in [1.807, 2.05) is 0 Å². The Kier molecular flexibility index (Phi) is 1.48. The van der Waals surface area contributed by atoms with E-state index in [1.165, 1.54) is 25.7 Å². The van der Waals surface area contributed by atoms with Gasteiger partial charge in [0.2, 0.25) is 0 Å². The van der Waals surface area contributed by atoms with Crippen molar-refractivity contribution in [2.45, 2.75) is 44.7 Å². The summed E-state index contributed by atoms with van der Waals surface area (Å²) in [4.78, 5) is 2.61. The first-order valence-corrected chi connectivity index (χ1v) is 4.55. The molecule has 3 atom stereocenters. The van der Waals surface area contributed by atoms with E-state index in [0.29, 0.717) is 0 Å². The molecule has 0 aromatic carbocycles. The SMILES string of the molecule is CCC1CC2CCC1N2C. The number of fused-ring (bicyclic) bond motifs is 2. The van der Waals surface area contributed by atoms with Crippen LogP contribution >= 0.6 is 0 Å². The zero-order valence-corrected chi connectivity index (χ0v) is 7.01. The quantitative estimate of drug-likeness (QED) is 0.536. The van der Waals surface area contributed by atoms with Crippen molar-refractivity contribution in [3.05, 3.63) is 0 Å². The summed E-state index contributed by atoms with van der Waals surface area (Å²) < 4.78 is 0. The predicted molar refractivity (Wildman–Crippen MR) is 43.0 cm³/mol. The van der Waals surface area contributed by atoms with E-state index >= 15 is 0 Å². The Morgan fingerprint density at radius 3 is 2.50 bits per heavy atom. The molecule has 1 heteroatoms. The lowest BCUT2D eigenvalue weighted by molar-refractivity contribution is 0.286. The molecule has 58 valence electrons. The third kappa shape index (κ3) is 0.731. The van der Waals surface area contributed by atoms with Crippen LogP contribution in [0.5, 0.6) is 0 Å². The zero-order valence-electron chi connectivity index (χ0n) is 7.01. The number of hydrogen-bond acceptors (Lipinski definition) is 1. The fourth-order valence-corrected chi connectivity index (χ4v) is 2.84. The van der Waals surface area contributed by atoms with Gasteiger partial charge >= 0.3 is 0 Å². The Morgan fingerprint density at radius 1 is 1.40 bits per heavy atom. The average molecular weight is 139 g/mol. The summed E-state index contributed by atoms with van der Waals surface area (Å²) in [6.45, 7) is 2.33.